The molecule has 23 heavy (non-hydrogen) atoms. The fourth-order valence-corrected chi connectivity index (χ4v) is 3.03. The highest BCUT2D eigenvalue weighted by Crippen LogP contribution is 2.24. The molecule has 1 aromatic carbocycles. The van der Waals surface area contributed by atoms with Gasteiger partial charge in [0.15, 0.2) is 0 Å². The van der Waals surface area contributed by atoms with Gasteiger partial charge in [-0.05, 0) is 57.4 Å². The molecule has 1 aromatic rings. The maximum atomic E-state index is 12.0. The number of hydrogen-bond acceptors (Lipinski definition) is 4. The van der Waals surface area contributed by atoms with Crippen LogP contribution in [0.4, 0.5) is 0 Å². The summed E-state index contributed by atoms with van der Waals surface area (Å²) in [5.74, 6) is -1.04. The summed E-state index contributed by atoms with van der Waals surface area (Å²) in [7, 11) is 0. The molecule has 0 spiro atoms. The second-order valence-electron chi connectivity index (χ2n) is 6.35. The Morgan fingerprint density at radius 3 is 2.87 bits per heavy atom. The Hall–Kier alpha value is -1.88. The van der Waals surface area contributed by atoms with Crippen LogP contribution in [-0.4, -0.2) is 40.6 Å². The highest BCUT2D eigenvalue weighted by atomic mass is 16.5. The summed E-state index contributed by atoms with van der Waals surface area (Å²) in [6.45, 7) is 5.39. The van der Waals surface area contributed by atoms with Gasteiger partial charge in [-0.25, -0.2) is 4.79 Å². The van der Waals surface area contributed by atoms with E-state index in [0.717, 1.165) is 31.5 Å². The van der Waals surface area contributed by atoms with Gasteiger partial charge in [0.25, 0.3) is 0 Å². The average molecular weight is 319 g/mol. The average Bonchev–Trinajstić information content (AvgIpc) is 2.92. The summed E-state index contributed by atoms with van der Waals surface area (Å²) in [6.07, 6.45) is 2.90. The molecule has 1 atom stereocenters. The van der Waals surface area contributed by atoms with Crippen LogP contribution in [0.1, 0.15) is 55.5 Å². The second kappa shape index (κ2) is 8.11. The van der Waals surface area contributed by atoms with Crippen molar-refractivity contribution in [3.63, 3.8) is 0 Å². The minimum Gasteiger partial charge on any atom is -0.481 e. The van der Waals surface area contributed by atoms with Gasteiger partial charge in [0.05, 0.1) is 11.7 Å². The van der Waals surface area contributed by atoms with Gasteiger partial charge in [-0.2, -0.15) is 0 Å². The van der Waals surface area contributed by atoms with Crippen molar-refractivity contribution in [3.8, 4) is 0 Å². The van der Waals surface area contributed by atoms with Crippen molar-refractivity contribution >= 4 is 11.9 Å². The maximum Gasteiger partial charge on any atom is 0.338 e. The Morgan fingerprint density at radius 1 is 1.39 bits per heavy atom. The van der Waals surface area contributed by atoms with E-state index in [1.165, 1.54) is 0 Å². The Bertz CT molecular complexity index is 556. The molecule has 0 radical (unpaired) electrons. The number of esters is 1. The van der Waals surface area contributed by atoms with E-state index in [9.17, 15) is 9.59 Å². The number of ether oxygens (including phenoxy) is 1. The number of carboxylic acid groups (broad SMARTS) is 1. The quantitative estimate of drug-likeness (QED) is 0.782. The number of aliphatic carboxylic acids is 1. The van der Waals surface area contributed by atoms with Crippen molar-refractivity contribution < 1.29 is 19.4 Å². The molecular formula is C18H25NO4. The van der Waals surface area contributed by atoms with Crippen molar-refractivity contribution in [2.24, 2.45) is 0 Å². The van der Waals surface area contributed by atoms with Crippen LogP contribution in [0.5, 0.6) is 0 Å². The number of likely N-dealkylation sites (tertiary alicyclic amines) is 1. The molecule has 1 unspecified atom stereocenters. The van der Waals surface area contributed by atoms with Crippen LogP contribution in [0.15, 0.2) is 24.3 Å². The van der Waals surface area contributed by atoms with Crippen LogP contribution in [-0.2, 0) is 16.1 Å². The standard InChI is InChI=1S/C18H25NO4/c1-13(2)23-18(22)15-6-3-5-14(11-15)12-19-10-4-7-16(19)8-9-17(20)21/h3,5-6,11,13,16H,4,7-10,12H2,1-2H3,(H,20,21). The van der Waals surface area contributed by atoms with Gasteiger partial charge in [-0.15, -0.1) is 0 Å². The number of hydrogen-bond donors (Lipinski definition) is 1. The van der Waals surface area contributed by atoms with Crippen LogP contribution in [0, 0.1) is 0 Å². The fraction of sp³-hybridized carbons (Fsp3) is 0.556. The molecule has 1 N–H and O–H groups in total. The van der Waals surface area contributed by atoms with Crippen molar-refractivity contribution in [3.05, 3.63) is 35.4 Å². The third kappa shape index (κ3) is 5.36. The van der Waals surface area contributed by atoms with Crippen molar-refractivity contribution in [1.29, 1.82) is 0 Å². The van der Waals surface area contributed by atoms with Gasteiger partial charge in [0, 0.05) is 19.0 Å². The first kappa shape index (κ1) is 17.5. The van der Waals surface area contributed by atoms with Gasteiger partial charge in [0.1, 0.15) is 0 Å². The van der Waals surface area contributed by atoms with Crippen LogP contribution in [0.2, 0.25) is 0 Å². The van der Waals surface area contributed by atoms with Crippen LogP contribution in [0.3, 0.4) is 0 Å². The monoisotopic (exact) mass is 319 g/mol. The zero-order valence-corrected chi connectivity index (χ0v) is 13.8. The molecule has 1 aliphatic rings. The first-order valence-corrected chi connectivity index (χ1v) is 8.21. The molecule has 0 saturated carbocycles. The molecule has 0 bridgehead atoms. The van der Waals surface area contributed by atoms with E-state index in [-0.39, 0.29) is 18.5 Å². The van der Waals surface area contributed by atoms with Crippen LogP contribution >= 0.6 is 0 Å². The molecule has 2 rings (SSSR count). The number of nitrogens with zero attached hydrogens (tertiary/aromatic N) is 1. The summed E-state index contributed by atoms with van der Waals surface area (Å²) >= 11 is 0. The fourth-order valence-electron chi connectivity index (χ4n) is 3.03. The third-order valence-corrected chi connectivity index (χ3v) is 4.08. The normalized spacial score (nSPS) is 18.3. The van der Waals surface area contributed by atoms with E-state index in [4.69, 9.17) is 9.84 Å². The zero-order chi connectivity index (χ0) is 16.8. The van der Waals surface area contributed by atoms with E-state index in [1.54, 1.807) is 6.07 Å². The van der Waals surface area contributed by atoms with Gasteiger partial charge in [-0.3, -0.25) is 9.69 Å². The molecule has 1 heterocycles. The lowest BCUT2D eigenvalue weighted by molar-refractivity contribution is -0.137. The van der Waals surface area contributed by atoms with Crippen molar-refractivity contribution in [1.82, 2.24) is 4.90 Å². The molecule has 1 fully saturated rings. The summed E-state index contributed by atoms with van der Waals surface area (Å²) < 4.78 is 5.23. The predicted octanol–water partition coefficient (Wildman–Crippen LogP) is 3.08. The third-order valence-electron chi connectivity index (χ3n) is 4.08. The molecule has 5 heteroatoms. The topological polar surface area (TPSA) is 66.8 Å². The van der Waals surface area contributed by atoms with E-state index in [0.29, 0.717) is 18.0 Å². The van der Waals surface area contributed by atoms with Crippen molar-refractivity contribution in [2.75, 3.05) is 6.54 Å². The lowest BCUT2D eigenvalue weighted by atomic mass is 10.1. The van der Waals surface area contributed by atoms with Gasteiger partial charge < -0.3 is 9.84 Å². The molecule has 0 amide bonds. The molecule has 126 valence electrons. The Morgan fingerprint density at radius 2 is 2.17 bits per heavy atom. The second-order valence-corrected chi connectivity index (χ2v) is 6.35. The lowest BCUT2D eigenvalue weighted by Crippen LogP contribution is -2.29. The Labute approximate surface area is 137 Å². The van der Waals surface area contributed by atoms with Crippen molar-refractivity contribution in [2.45, 2.75) is 58.2 Å². The minimum absolute atomic E-state index is 0.134. The molecule has 0 aliphatic carbocycles. The van der Waals surface area contributed by atoms with Gasteiger partial charge in [-0.1, -0.05) is 12.1 Å². The highest BCUT2D eigenvalue weighted by Gasteiger charge is 2.25. The van der Waals surface area contributed by atoms with Crippen LogP contribution < -0.4 is 0 Å². The SMILES string of the molecule is CC(C)OC(=O)c1cccc(CN2CCCC2CCC(=O)O)c1. The smallest absolute Gasteiger partial charge is 0.338 e. The first-order valence-electron chi connectivity index (χ1n) is 8.21. The van der Waals surface area contributed by atoms with E-state index in [2.05, 4.69) is 4.90 Å². The largest absolute Gasteiger partial charge is 0.481 e. The van der Waals surface area contributed by atoms with E-state index < -0.39 is 5.97 Å². The van der Waals surface area contributed by atoms with Gasteiger partial charge in [0.2, 0.25) is 0 Å². The zero-order valence-electron chi connectivity index (χ0n) is 13.8. The summed E-state index contributed by atoms with van der Waals surface area (Å²) in [4.78, 5) is 25.1. The summed E-state index contributed by atoms with van der Waals surface area (Å²) in [6, 6.07) is 7.82. The highest BCUT2D eigenvalue weighted by molar-refractivity contribution is 5.89. The van der Waals surface area contributed by atoms with E-state index in [1.807, 2.05) is 32.0 Å². The Balaban J connectivity index is 1.99. The predicted molar refractivity (Wildman–Crippen MR) is 87.3 cm³/mol. The minimum atomic E-state index is -0.740. The summed E-state index contributed by atoms with van der Waals surface area (Å²) in [5.41, 5.74) is 1.63. The van der Waals surface area contributed by atoms with E-state index >= 15 is 0 Å². The first-order chi connectivity index (χ1) is 11.0. The Kier molecular flexibility index (Phi) is 6.16. The molecular weight excluding hydrogens is 294 g/mol. The lowest BCUT2D eigenvalue weighted by Gasteiger charge is -2.24. The number of carbonyl (C=O) groups excluding carboxylic acids is 1. The molecule has 1 saturated heterocycles. The maximum absolute atomic E-state index is 12.0. The van der Waals surface area contributed by atoms with Gasteiger partial charge >= 0.3 is 11.9 Å². The number of carbonyl (C=O) groups is 2. The van der Waals surface area contributed by atoms with Crippen LogP contribution in [0.25, 0.3) is 0 Å². The summed E-state index contributed by atoms with van der Waals surface area (Å²) in [5, 5.41) is 8.85. The molecule has 1 aliphatic heterocycles. The molecule has 5 nitrogen and oxygen atoms in total. The number of carboxylic acids is 1. The number of benzene rings is 1. The molecule has 0 aromatic heterocycles. The number of rotatable bonds is 7.